The highest BCUT2D eigenvalue weighted by Crippen LogP contribution is 2.67. The van der Waals surface area contributed by atoms with E-state index in [1.54, 1.807) is 7.11 Å². The molecule has 7 nitrogen and oxygen atoms in total. The predicted molar refractivity (Wildman–Crippen MR) is 123 cm³/mol. The molecule has 5 atom stereocenters. The second-order valence-corrected chi connectivity index (χ2v) is 9.85. The van der Waals surface area contributed by atoms with Crippen LogP contribution in [0.1, 0.15) is 51.2 Å². The van der Waals surface area contributed by atoms with Crippen molar-refractivity contribution in [2.24, 2.45) is 11.8 Å². The first kappa shape index (κ1) is 22.9. The summed E-state index contributed by atoms with van der Waals surface area (Å²) in [6.07, 6.45) is 2.58. The van der Waals surface area contributed by atoms with Crippen LogP contribution in [0.15, 0.2) is 12.1 Å². The summed E-state index contributed by atoms with van der Waals surface area (Å²) in [7, 11) is 3.91. The third-order valence-electron chi connectivity index (χ3n) is 8.45. The fourth-order valence-electron chi connectivity index (χ4n) is 7.58. The first-order valence-corrected chi connectivity index (χ1v) is 12.5. The van der Waals surface area contributed by atoms with E-state index in [9.17, 15) is 4.79 Å². The summed E-state index contributed by atoms with van der Waals surface area (Å²) in [5, 5.41) is 0. The molecule has 1 aromatic rings. The maximum absolute atomic E-state index is 12.8. The Bertz CT molecular complexity index is 912. The van der Waals surface area contributed by atoms with Crippen LogP contribution in [-0.2, 0) is 30.8 Å². The van der Waals surface area contributed by atoms with E-state index in [1.807, 2.05) is 26.8 Å². The van der Waals surface area contributed by atoms with Crippen LogP contribution in [0.5, 0.6) is 11.5 Å². The Morgan fingerprint density at radius 2 is 1.94 bits per heavy atom. The summed E-state index contributed by atoms with van der Waals surface area (Å²) < 4.78 is 31.0. The third kappa shape index (κ3) is 3.15. The maximum Gasteiger partial charge on any atom is 0.306 e. The van der Waals surface area contributed by atoms with Crippen LogP contribution in [0.2, 0.25) is 0 Å². The number of nitrogens with zero attached hydrogens (tertiary/aromatic N) is 1. The fraction of sp³-hybridized carbons (Fsp3) is 0.731. The van der Waals surface area contributed by atoms with Crippen molar-refractivity contribution in [2.75, 3.05) is 40.5 Å². The molecule has 1 saturated carbocycles. The first-order valence-electron chi connectivity index (χ1n) is 12.5. The lowest BCUT2D eigenvalue weighted by atomic mass is 9.47. The first-order chi connectivity index (χ1) is 16.0. The van der Waals surface area contributed by atoms with Gasteiger partial charge in [0.25, 0.3) is 0 Å². The number of piperidine rings is 1. The number of hydrogen-bond donors (Lipinski definition) is 0. The quantitative estimate of drug-likeness (QED) is 0.436. The Kier molecular flexibility index (Phi) is 5.86. The van der Waals surface area contributed by atoms with E-state index in [1.165, 1.54) is 11.1 Å². The number of likely N-dealkylation sites (tertiary alicyclic amines) is 1. The number of methoxy groups -OCH3 is 1. The van der Waals surface area contributed by atoms with Crippen LogP contribution in [0.3, 0.4) is 0 Å². The molecular weight excluding hydrogens is 422 g/mol. The van der Waals surface area contributed by atoms with Crippen molar-refractivity contribution in [3.63, 3.8) is 0 Å². The maximum atomic E-state index is 12.8. The van der Waals surface area contributed by atoms with E-state index in [0.29, 0.717) is 38.7 Å². The molecule has 182 valence electrons. The lowest BCUT2D eigenvalue weighted by Gasteiger charge is -2.63. The second-order valence-electron chi connectivity index (χ2n) is 9.85. The minimum Gasteiger partial charge on any atom is -0.493 e. The minimum atomic E-state index is -0.920. The third-order valence-corrected chi connectivity index (χ3v) is 8.45. The molecule has 0 N–H and O–H groups in total. The van der Waals surface area contributed by atoms with Crippen molar-refractivity contribution < 1.29 is 28.5 Å². The Balaban J connectivity index is 1.72. The van der Waals surface area contributed by atoms with Gasteiger partial charge in [-0.3, -0.25) is 4.79 Å². The lowest BCUT2D eigenvalue weighted by molar-refractivity contribution is -0.320. The molecule has 0 radical (unpaired) electrons. The predicted octanol–water partition coefficient (Wildman–Crippen LogP) is 3.31. The molecule has 7 heteroatoms. The van der Waals surface area contributed by atoms with E-state index in [2.05, 4.69) is 18.0 Å². The average molecular weight is 460 g/mol. The van der Waals surface area contributed by atoms with Gasteiger partial charge in [-0.1, -0.05) is 6.07 Å². The van der Waals surface area contributed by atoms with Gasteiger partial charge in [0.1, 0.15) is 0 Å². The zero-order valence-electron chi connectivity index (χ0n) is 20.5. The molecule has 0 aromatic heterocycles. The Morgan fingerprint density at radius 3 is 2.61 bits per heavy atom. The largest absolute Gasteiger partial charge is 0.493 e. The molecule has 1 saturated heterocycles. The van der Waals surface area contributed by atoms with Crippen molar-refractivity contribution >= 4 is 5.97 Å². The molecule has 2 heterocycles. The summed E-state index contributed by atoms with van der Waals surface area (Å²) in [5.74, 6) is 0.859. The van der Waals surface area contributed by atoms with Crippen molar-refractivity contribution in [3.8, 4) is 11.5 Å². The van der Waals surface area contributed by atoms with Gasteiger partial charge >= 0.3 is 5.97 Å². The highest BCUT2D eigenvalue weighted by Gasteiger charge is 2.73. The zero-order valence-corrected chi connectivity index (χ0v) is 20.5. The number of likely N-dealkylation sites (N-methyl/N-ethyl adjacent to an activating group) is 1. The van der Waals surface area contributed by atoms with Crippen molar-refractivity contribution in [3.05, 3.63) is 23.3 Å². The normalized spacial score (nSPS) is 33.2. The number of esters is 1. The summed E-state index contributed by atoms with van der Waals surface area (Å²) in [6, 6.07) is 4.56. The Morgan fingerprint density at radius 1 is 1.18 bits per heavy atom. The standard InChI is InChI=1S/C26H37NO6/c1-6-30-20(28)14-17-15-26(31-7-2,32-8-3)24-25-11-12-27(4)18(21(17)25)13-16-9-10-19(29-5)23(33-24)22(16)25/h9-10,17-18,21,24H,6-8,11-15H2,1-5H3/t17-,18?,21?,24+,25?/m0/s1. The molecule has 3 unspecified atom stereocenters. The van der Waals surface area contributed by atoms with Gasteiger partial charge < -0.3 is 28.6 Å². The van der Waals surface area contributed by atoms with Gasteiger partial charge in [0, 0.05) is 43.1 Å². The van der Waals surface area contributed by atoms with Gasteiger partial charge in [-0.25, -0.2) is 0 Å². The number of carbonyl (C=O) groups is 1. The molecule has 1 spiro atoms. The number of ether oxygens (including phenoxy) is 5. The molecular formula is C26H37NO6. The molecule has 2 bridgehead atoms. The molecule has 2 aliphatic heterocycles. The molecule has 0 amide bonds. The van der Waals surface area contributed by atoms with Crippen molar-refractivity contribution in [1.29, 1.82) is 0 Å². The number of benzene rings is 1. The Labute approximate surface area is 196 Å². The van der Waals surface area contributed by atoms with Gasteiger partial charge in [0.05, 0.1) is 13.7 Å². The second kappa shape index (κ2) is 8.43. The van der Waals surface area contributed by atoms with E-state index in [4.69, 9.17) is 23.7 Å². The smallest absolute Gasteiger partial charge is 0.306 e. The summed E-state index contributed by atoms with van der Waals surface area (Å²) in [5.41, 5.74) is 2.30. The lowest BCUT2D eigenvalue weighted by Crippen LogP contribution is -2.73. The SMILES string of the molecule is CCOC(=O)C[C@H]1CC(OCC)(OCC)[C@@H]2Oc3c(OC)ccc4c3C23CCN(C)C(C4)C13. The van der Waals surface area contributed by atoms with Gasteiger partial charge in [0.15, 0.2) is 17.6 Å². The van der Waals surface area contributed by atoms with E-state index in [-0.39, 0.29) is 29.3 Å². The number of hydrogen-bond acceptors (Lipinski definition) is 7. The zero-order chi connectivity index (χ0) is 23.4. The molecule has 4 aliphatic rings. The van der Waals surface area contributed by atoms with Gasteiger partial charge in [0.2, 0.25) is 5.79 Å². The van der Waals surface area contributed by atoms with Gasteiger partial charge in [-0.05, 0) is 70.7 Å². The highest BCUT2D eigenvalue weighted by molar-refractivity contribution is 5.70. The number of carbonyl (C=O) groups excluding carboxylic acids is 1. The van der Waals surface area contributed by atoms with Gasteiger partial charge in [-0.2, -0.15) is 0 Å². The molecule has 5 rings (SSSR count). The Hall–Kier alpha value is -1.83. The van der Waals surface area contributed by atoms with Gasteiger partial charge in [-0.15, -0.1) is 0 Å². The molecule has 1 aromatic carbocycles. The molecule has 33 heavy (non-hydrogen) atoms. The van der Waals surface area contributed by atoms with Crippen LogP contribution >= 0.6 is 0 Å². The topological polar surface area (TPSA) is 66.5 Å². The average Bonchev–Trinajstić information content (AvgIpc) is 3.14. The van der Waals surface area contributed by atoms with Crippen molar-refractivity contribution in [2.45, 2.75) is 69.8 Å². The van der Waals surface area contributed by atoms with Crippen LogP contribution < -0.4 is 9.47 Å². The van der Waals surface area contributed by atoms with E-state index in [0.717, 1.165) is 30.9 Å². The van der Waals surface area contributed by atoms with E-state index < -0.39 is 5.79 Å². The minimum absolute atomic E-state index is 0.0695. The summed E-state index contributed by atoms with van der Waals surface area (Å²) in [6.45, 7) is 8.24. The van der Waals surface area contributed by atoms with Crippen LogP contribution in [0, 0.1) is 11.8 Å². The van der Waals surface area contributed by atoms with Crippen LogP contribution in [-0.4, -0.2) is 69.3 Å². The van der Waals surface area contributed by atoms with E-state index >= 15 is 0 Å². The summed E-state index contributed by atoms with van der Waals surface area (Å²) in [4.78, 5) is 15.3. The van der Waals surface area contributed by atoms with Crippen LogP contribution in [0.25, 0.3) is 0 Å². The fourth-order valence-corrected chi connectivity index (χ4v) is 7.58. The number of rotatable bonds is 8. The summed E-state index contributed by atoms with van der Waals surface area (Å²) >= 11 is 0. The highest BCUT2D eigenvalue weighted by atomic mass is 16.7. The molecule has 2 fully saturated rings. The monoisotopic (exact) mass is 459 g/mol. The van der Waals surface area contributed by atoms with Crippen molar-refractivity contribution in [1.82, 2.24) is 4.90 Å². The molecule has 2 aliphatic carbocycles. The van der Waals surface area contributed by atoms with Crippen LogP contribution in [0.4, 0.5) is 0 Å².